The third-order valence-corrected chi connectivity index (χ3v) is 3.27. The highest BCUT2D eigenvalue weighted by Crippen LogP contribution is 2.37. The summed E-state index contributed by atoms with van der Waals surface area (Å²) in [4.78, 5) is 11.0. The molecule has 0 bridgehead atoms. The number of benzene rings is 1. The number of methoxy groups -OCH3 is 1. The fourth-order valence-electron chi connectivity index (χ4n) is 2.07. The number of alkyl halides is 1. The van der Waals surface area contributed by atoms with Crippen LogP contribution >= 0.6 is 0 Å². The molecule has 106 valence electrons. The van der Waals surface area contributed by atoms with E-state index in [1.807, 2.05) is 13.0 Å². The van der Waals surface area contributed by atoms with E-state index in [1.54, 1.807) is 13.0 Å². The highest BCUT2D eigenvalue weighted by atomic mass is 19.1. The van der Waals surface area contributed by atoms with Crippen molar-refractivity contribution < 1.29 is 19.0 Å². The molecule has 0 amide bonds. The Morgan fingerprint density at radius 3 is 2.47 bits per heavy atom. The molecule has 0 saturated heterocycles. The van der Waals surface area contributed by atoms with E-state index in [-0.39, 0.29) is 0 Å². The molecular weight excluding hydrogens is 247 g/mol. The molecule has 0 aliphatic heterocycles. The van der Waals surface area contributed by atoms with Crippen LogP contribution < -0.4 is 4.74 Å². The van der Waals surface area contributed by atoms with Gasteiger partial charge in [-0.3, -0.25) is 4.79 Å². The predicted molar refractivity (Wildman–Crippen MR) is 72.4 cm³/mol. The summed E-state index contributed by atoms with van der Waals surface area (Å²) >= 11 is 0. The Labute approximate surface area is 113 Å². The van der Waals surface area contributed by atoms with Crippen LogP contribution in [-0.2, 0) is 16.9 Å². The lowest BCUT2D eigenvalue weighted by Crippen LogP contribution is -2.17. The molecule has 0 aromatic heterocycles. The maximum absolute atomic E-state index is 14.2. The van der Waals surface area contributed by atoms with Crippen LogP contribution in [0, 0.1) is 12.8 Å². The lowest BCUT2D eigenvalue weighted by atomic mass is 9.90. The molecule has 4 heteroatoms. The van der Waals surface area contributed by atoms with Gasteiger partial charge in [0.15, 0.2) is 0 Å². The van der Waals surface area contributed by atoms with Crippen molar-refractivity contribution in [2.45, 2.75) is 39.8 Å². The molecule has 0 fully saturated rings. The molecule has 1 aromatic carbocycles. The van der Waals surface area contributed by atoms with Gasteiger partial charge in [0, 0.05) is 5.56 Å². The van der Waals surface area contributed by atoms with E-state index >= 15 is 0 Å². The summed E-state index contributed by atoms with van der Waals surface area (Å²) in [5.74, 6) is -0.947. The number of carbonyl (C=O) groups is 1. The second-order valence-electron chi connectivity index (χ2n) is 5.36. The zero-order valence-electron chi connectivity index (χ0n) is 12.1. The SMILES string of the molecule is COc1c(C(C)(C)F)ccc(C)c1CC(C)C(=O)O. The minimum Gasteiger partial charge on any atom is -0.496 e. The summed E-state index contributed by atoms with van der Waals surface area (Å²) in [5, 5.41) is 9.01. The number of aryl methyl sites for hydroxylation is 1. The van der Waals surface area contributed by atoms with Gasteiger partial charge in [0.2, 0.25) is 0 Å². The first-order valence-corrected chi connectivity index (χ1v) is 6.27. The number of carboxylic acid groups (broad SMARTS) is 1. The van der Waals surface area contributed by atoms with E-state index in [4.69, 9.17) is 9.84 Å². The van der Waals surface area contributed by atoms with Crippen LogP contribution in [0.1, 0.15) is 37.5 Å². The molecule has 1 aromatic rings. The topological polar surface area (TPSA) is 46.5 Å². The smallest absolute Gasteiger partial charge is 0.306 e. The van der Waals surface area contributed by atoms with E-state index in [2.05, 4.69) is 0 Å². The zero-order valence-corrected chi connectivity index (χ0v) is 12.1. The van der Waals surface area contributed by atoms with Gasteiger partial charge >= 0.3 is 5.97 Å². The molecule has 0 heterocycles. The van der Waals surface area contributed by atoms with E-state index in [9.17, 15) is 9.18 Å². The highest BCUT2D eigenvalue weighted by Gasteiger charge is 2.27. The molecule has 1 unspecified atom stereocenters. The number of halogens is 1. The van der Waals surface area contributed by atoms with Gasteiger partial charge in [0.25, 0.3) is 0 Å². The van der Waals surface area contributed by atoms with Crippen LogP contribution in [-0.4, -0.2) is 18.2 Å². The van der Waals surface area contributed by atoms with Crippen molar-refractivity contribution in [3.8, 4) is 5.75 Å². The largest absolute Gasteiger partial charge is 0.496 e. The van der Waals surface area contributed by atoms with Gasteiger partial charge < -0.3 is 9.84 Å². The zero-order chi connectivity index (χ0) is 14.8. The van der Waals surface area contributed by atoms with Crippen molar-refractivity contribution in [2.24, 2.45) is 5.92 Å². The molecular formula is C15H21FO3. The molecule has 1 atom stereocenters. The summed E-state index contributed by atoms with van der Waals surface area (Å²) in [6, 6.07) is 3.51. The third-order valence-electron chi connectivity index (χ3n) is 3.27. The molecule has 0 spiro atoms. The maximum Gasteiger partial charge on any atom is 0.306 e. The summed E-state index contributed by atoms with van der Waals surface area (Å²) in [5.41, 5.74) is 0.604. The van der Waals surface area contributed by atoms with Crippen LogP contribution in [0.4, 0.5) is 4.39 Å². The highest BCUT2D eigenvalue weighted by molar-refractivity contribution is 5.70. The first kappa shape index (κ1) is 15.5. The Morgan fingerprint density at radius 2 is 2.05 bits per heavy atom. The molecule has 0 aliphatic carbocycles. The van der Waals surface area contributed by atoms with Crippen molar-refractivity contribution in [1.29, 1.82) is 0 Å². The Kier molecular flexibility index (Phi) is 4.56. The van der Waals surface area contributed by atoms with Crippen molar-refractivity contribution >= 4 is 5.97 Å². The van der Waals surface area contributed by atoms with Crippen molar-refractivity contribution in [2.75, 3.05) is 7.11 Å². The Bertz CT molecular complexity index is 475. The second-order valence-corrected chi connectivity index (χ2v) is 5.36. The lowest BCUT2D eigenvalue weighted by molar-refractivity contribution is -0.141. The monoisotopic (exact) mass is 268 g/mol. The van der Waals surface area contributed by atoms with Crippen LogP contribution in [0.25, 0.3) is 0 Å². The molecule has 0 radical (unpaired) electrons. The minimum absolute atomic E-state index is 0.328. The van der Waals surface area contributed by atoms with Crippen LogP contribution in [0.3, 0.4) is 0 Å². The van der Waals surface area contributed by atoms with Gasteiger partial charge in [-0.1, -0.05) is 19.1 Å². The van der Waals surface area contributed by atoms with Crippen LogP contribution in [0.15, 0.2) is 12.1 Å². The fraction of sp³-hybridized carbons (Fsp3) is 0.533. The summed E-state index contributed by atoms with van der Waals surface area (Å²) in [7, 11) is 1.49. The maximum atomic E-state index is 14.2. The third kappa shape index (κ3) is 3.46. The summed E-state index contributed by atoms with van der Waals surface area (Å²) in [6.45, 7) is 6.44. The normalized spacial score (nSPS) is 13.2. The number of carboxylic acids is 1. The van der Waals surface area contributed by atoms with Crippen LogP contribution in [0.5, 0.6) is 5.75 Å². The standard InChI is InChI=1S/C15H21FO3/c1-9-6-7-12(15(3,4)16)13(19-5)11(9)8-10(2)14(17)18/h6-7,10H,8H2,1-5H3,(H,17,18). The van der Waals surface area contributed by atoms with E-state index in [0.29, 0.717) is 17.7 Å². The number of rotatable bonds is 5. The van der Waals surface area contributed by atoms with Gasteiger partial charge in [-0.05, 0) is 38.3 Å². The van der Waals surface area contributed by atoms with E-state index in [1.165, 1.54) is 21.0 Å². The van der Waals surface area contributed by atoms with Gasteiger partial charge in [-0.25, -0.2) is 4.39 Å². The molecule has 1 N–H and O–H groups in total. The molecule has 3 nitrogen and oxygen atoms in total. The molecule has 1 rings (SSSR count). The van der Waals surface area contributed by atoms with E-state index < -0.39 is 17.6 Å². The van der Waals surface area contributed by atoms with Gasteiger partial charge in [0.1, 0.15) is 11.4 Å². The van der Waals surface area contributed by atoms with Crippen molar-refractivity contribution in [3.05, 3.63) is 28.8 Å². The molecule has 0 aliphatic rings. The molecule has 0 saturated carbocycles. The molecule has 19 heavy (non-hydrogen) atoms. The van der Waals surface area contributed by atoms with Crippen molar-refractivity contribution in [3.63, 3.8) is 0 Å². The van der Waals surface area contributed by atoms with Crippen molar-refractivity contribution in [1.82, 2.24) is 0 Å². The summed E-state index contributed by atoms with van der Waals surface area (Å²) in [6.07, 6.45) is 0.328. The first-order chi connectivity index (χ1) is 8.68. The van der Waals surface area contributed by atoms with Gasteiger partial charge in [-0.2, -0.15) is 0 Å². The number of aliphatic carboxylic acids is 1. The Balaban J connectivity index is 3.33. The fourth-order valence-corrected chi connectivity index (χ4v) is 2.07. The average molecular weight is 268 g/mol. The van der Waals surface area contributed by atoms with E-state index in [0.717, 1.165) is 11.1 Å². The number of hydrogen-bond donors (Lipinski definition) is 1. The van der Waals surface area contributed by atoms with Gasteiger partial charge in [0.05, 0.1) is 13.0 Å². The average Bonchev–Trinajstić information content (AvgIpc) is 2.29. The number of ether oxygens (including phenoxy) is 1. The number of hydrogen-bond acceptors (Lipinski definition) is 2. The van der Waals surface area contributed by atoms with Crippen LogP contribution in [0.2, 0.25) is 0 Å². The lowest BCUT2D eigenvalue weighted by Gasteiger charge is -2.23. The second kappa shape index (κ2) is 5.59. The summed E-state index contributed by atoms with van der Waals surface area (Å²) < 4.78 is 19.5. The predicted octanol–water partition coefficient (Wildman–Crippen LogP) is 3.47. The van der Waals surface area contributed by atoms with Gasteiger partial charge in [-0.15, -0.1) is 0 Å². The quantitative estimate of drug-likeness (QED) is 0.889. The Morgan fingerprint density at radius 1 is 1.47 bits per heavy atom. The Hall–Kier alpha value is -1.58. The minimum atomic E-state index is -1.53. The first-order valence-electron chi connectivity index (χ1n) is 6.27.